The third-order valence-electron chi connectivity index (χ3n) is 4.02. The van der Waals surface area contributed by atoms with Crippen LogP contribution in [0.15, 0.2) is 24.3 Å². The van der Waals surface area contributed by atoms with Crippen molar-refractivity contribution in [2.75, 3.05) is 13.1 Å². The van der Waals surface area contributed by atoms with Gasteiger partial charge in [0.1, 0.15) is 0 Å². The minimum Gasteiger partial charge on any atom is -0.330 e. The molecule has 1 saturated carbocycles. The lowest BCUT2D eigenvalue weighted by Gasteiger charge is -2.26. The third kappa shape index (κ3) is 6.01. The number of rotatable bonds is 4. The topological polar surface area (TPSA) is 104 Å². The van der Waals surface area contributed by atoms with Gasteiger partial charge in [0, 0.05) is 13.1 Å². The van der Waals surface area contributed by atoms with Crippen LogP contribution >= 0.6 is 0 Å². The summed E-state index contributed by atoms with van der Waals surface area (Å²) in [5.74, 6) is 1.53. The molecule has 2 rings (SSSR count). The number of hydrogen-bond acceptors (Lipinski definition) is 4. The first-order valence-electron chi connectivity index (χ1n) is 7.61. The normalized spacial score (nSPS) is 22.0. The Kier molecular flexibility index (Phi) is 8.46. The van der Waals surface area contributed by atoms with Crippen LogP contribution in [-0.2, 0) is 13.1 Å². The van der Waals surface area contributed by atoms with Crippen LogP contribution in [0.2, 0.25) is 0 Å². The van der Waals surface area contributed by atoms with Crippen molar-refractivity contribution in [2.45, 2.75) is 38.8 Å². The van der Waals surface area contributed by atoms with Crippen molar-refractivity contribution in [1.82, 2.24) is 0 Å². The van der Waals surface area contributed by atoms with E-state index in [0.717, 1.165) is 36.1 Å². The maximum absolute atomic E-state index is 5.58. The predicted octanol–water partition coefficient (Wildman–Crippen LogP) is 1.31. The molecule has 0 aliphatic heterocycles. The molecule has 0 radical (unpaired) electrons. The molecular weight excluding hydrogens is 248 g/mol. The van der Waals surface area contributed by atoms with E-state index in [4.69, 9.17) is 22.9 Å². The second kappa shape index (κ2) is 9.88. The van der Waals surface area contributed by atoms with E-state index in [1.54, 1.807) is 0 Å². The van der Waals surface area contributed by atoms with Crippen molar-refractivity contribution in [3.05, 3.63) is 35.4 Å². The highest BCUT2D eigenvalue weighted by molar-refractivity contribution is 5.22. The van der Waals surface area contributed by atoms with Crippen molar-refractivity contribution in [3.63, 3.8) is 0 Å². The number of nitrogens with two attached hydrogens (primary N) is 4. The summed E-state index contributed by atoms with van der Waals surface area (Å²) in [6.07, 6.45) is 5.26. The first kappa shape index (κ1) is 17.1. The summed E-state index contributed by atoms with van der Waals surface area (Å²) in [4.78, 5) is 0. The van der Waals surface area contributed by atoms with E-state index in [0.29, 0.717) is 13.1 Å². The van der Waals surface area contributed by atoms with Crippen LogP contribution in [0.1, 0.15) is 36.8 Å². The maximum Gasteiger partial charge on any atom is 0.0178 e. The lowest BCUT2D eigenvalue weighted by Crippen LogP contribution is -2.26. The molecule has 0 spiro atoms. The molecule has 0 aromatic heterocycles. The highest BCUT2D eigenvalue weighted by Gasteiger charge is 2.19. The molecule has 0 heterocycles. The molecule has 1 fully saturated rings. The van der Waals surface area contributed by atoms with Gasteiger partial charge in [-0.05, 0) is 55.3 Å². The average Bonchev–Trinajstić information content (AvgIpc) is 2.55. The van der Waals surface area contributed by atoms with Gasteiger partial charge in [0.25, 0.3) is 0 Å². The quantitative estimate of drug-likeness (QED) is 0.666. The van der Waals surface area contributed by atoms with Crippen molar-refractivity contribution in [2.24, 2.45) is 34.8 Å². The maximum atomic E-state index is 5.58. The molecule has 4 heteroatoms. The fourth-order valence-corrected chi connectivity index (χ4v) is 2.71. The average molecular weight is 278 g/mol. The third-order valence-corrected chi connectivity index (χ3v) is 4.02. The first-order chi connectivity index (χ1) is 9.73. The summed E-state index contributed by atoms with van der Waals surface area (Å²) in [7, 11) is 0. The Hall–Kier alpha value is -0.940. The predicted molar refractivity (Wildman–Crippen MR) is 85.8 cm³/mol. The first-order valence-corrected chi connectivity index (χ1v) is 7.61. The molecule has 8 N–H and O–H groups in total. The van der Waals surface area contributed by atoms with E-state index in [2.05, 4.69) is 0 Å². The van der Waals surface area contributed by atoms with E-state index in [-0.39, 0.29) is 0 Å². The Bertz CT molecular complexity index is 338. The fourth-order valence-electron chi connectivity index (χ4n) is 2.71. The van der Waals surface area contributed by atoms with Gasteiger partial charge in [0.15, 0.2) is 0 Å². The summed E-state index contributed by atoms with van der Waals surface area (Å²) in [5, 5.41) is 0. The molecule has 1 aliphatic carbocycles. The largest absolute Gasteiger partial charge is 0.330 e. The fraction of sp³-hybridized carbons (Fsp3) is 0.625. The van der Waals surface area contributed by atoms with E-state index in [1.165, 1.54) is 25.7 Å². The summed E-state index contributed by atoms with van der Waals surface area (Å²) in [6, 6.07) is 8.00. The lowest BCUT2D eigenvalue weighted by molar-refractivity contribution is 0.277. The lowest BCUT2D eigenvalue weighted by atomic mass is 9.81. The molecule has 0 saturated heterocycles. The molecule has 1 aliphatic rings. The Morgan fingerprint density at radius 1 is 0.850 bits per heavy atom. The molecule has 4 nitrogen and oxygen atoms in total. The summed E-state index contributed by atoms with van der Waals surface area (Å²) < 4.78 is 0. The highest BCUT2D eigenvalue weighted by Crippen LogP contribution is 2.27. The standard InChI is InChI=1S/C8H18N2.C8H12N2/c2*9-5-7-2-1-3-8(4-7)6-10/h7-8H,1-6,9-10H2;1-4H,5-6,9-10H2. The van der Waals surface area contributed by atoms with Crippen molar-refractivity contribution in [1.29, 1.82) is 0 Å². The summed E-state index contributed by atoms with van der Waals surface area (Å²) in [5.41, 5.74) is 24.3. The number of hydrogen-bond donors (Lipinski definition) is 4. The van der Waals surface area contributed by atoms with Gasteiger partial charge in [-0.1, -0.05) is 30.7 Å². The second-order valence-electron chi connectivity index (χ2n) is 5.60. The van der Waals surface area contributed by atoms with E-state index >= 15 is 0 Å². The van der Waals surface area contributed by atoms with Gasteiger partial charge in [0.2, 0.25) is 0 Å². The van der Waals surface area contributed by atoms with Crippen molar-refractivity contribution < 1.29 is 0 Å². The molecular formula is C16H30N4. The van der Waals surface area contributed by atoms with Crippen molar-refractivity contribution >= 4 is 0 Å². The van der Waals surface area contributed by atoms with E-state index in [9.17, 15) is 0 Å². The monoisotopic (exact) mass is 278 g/mol. The van der Waals surface area contributed by atoms with Crippen LogP contribution in [0, 0.1) is 11.8 Å². The molecule has 2 unspecified atom stereocenters. The molecule has 0 bridgehead atoms. The Morgan fingerprint density at radius 3 is 1.75 bits per heavy atom. The minimum atomic E-state index is 0.591. The van der Waals surface area contributed by atoms with Crippen LogP contribution in [0.3, 0.4) is 0 Å². The van der Waals surface area contributed by atoms with Crippen molar-refractivity contribution in [3.8, 4) is 0 Å². The van der Waals surface area contributed by atoms with Gasteiger partial charge in [-0.25, -0.2) is 0 Å². The molecule has 1 aromatic carbocycles. The van der Waals surface area contributed by atoms with Gasteiger partial charge < -0.3 is 22.9 Å². The van der Waals surface area contributed by atoms with Gasteiger partial charge in [0.05, 0.1) is 0 Å². The van der Waals surface area contributed by atoms with Gasteiger partial charge >= 0.3 is 0 Å². The minimum absolute atomic E-state index is 0.591. The van der Waals surface area contributed by atoms with Crippen LogP contribution in [-0.4, -0.2) is 13.1 Å². The summed E-state index contributed by atoms with van der Waals surface area (Å²) in [6.45, 7) is 2.90. The second-order valence-corrected chi connectivity index (χ2v) is 5.60. The Labute approximate surface area is 122 Å². The van der Waals surface area contributed by atoms with Gasteiger partial charge in [-0.2, -0.15) is 0 Å². The van der Waals surface area contributed by atoms with E-state index < -0.39 is 0 Å². The molecule has 2 atom stereocenters. The zero-order valence-electron chi connectivity index (χ0n) is 12.4. The van der Waals surface area contributed by atoms with Crippen LogP contribution in [0.25, 0.3) is 0 Å². The Morgan fingerprint density at radius 2 is 1.35 bits per heavy atom. The highest BCUT2D eigenvalue weighted by atomic mass is 14.6. The van der Waals surface area contributed by atoms with E-state index in [1.807, 2.05) is 24.3 Å². The smallest absolute Gasteiger partial charge is 0.0178 e. The number of benzene rings is 1. The molecule has 1 aromatic rings. The van der Waals surface area contributed by atoms with Crippen LogP contribution in [0.5, 0.6) is 0 Å². The molecule has 0 amide bonds. The molecule has 20 heavy (non-hydrogen) atoms. The van der Waals surface area contributed by atoms with Gasteiger partial charge in [-0.3, -0.25) is 0 Å². The van der Waals surface area contributed by atoms with Gasteiger partial charge in [-0.15, -0.1) is 0 Å². The zero-order chi connectivity index (χ0) is 14.8. The van der Waals surface area contributed by atoms with Crippen LogP contribution in [0.4, 0.5) is 0 Å². The van der Waals surface area contributed by atoms with Crippen LogP contribution < -0.4 is 22.9 Å². The Balaban J connectivity index is 0.000000200. The zero-order valence-corrected chi connectivity index (χ0v) is 12.4. The molecule has 114 valence electrons. The summed E-state index contributed by atoms with van der Waals surface area (Å²) >= 11 is 0. The SMILES string of the molecule is NCC1CCCC(CN)C1.NCc1cccc(CN)c1.